The van der Waals surface area contributed by atoms with Crippen molar-refractivity contribution >= 4 is 23.0 Å². The van der Waals surface area contributed by atoms with Gasteiger partial charge in [0.25, 0.3) is 5.69 Å². The molecule has 1 aliphatic carbocycles. The van der Waals surface area contributed by atoms with E-state index in [1.54, 1.807) is 12.1 Å². The molecular formula is C16H23ClN2O2. The number of rotatable bonds is 4. The van der Waals surface area contributed by atoms with Crippen molar-refractivity contribution in [2.75, 3.05) is 5.32 Å². The fourth-order valence-corrected chi connectivity index (χ4v) is 3.58. The molecule has 0 saturated heterocycles. The number of hydrogen-bond acceptors (Lipinski definition) is 3. The van der Waals surface area contributed by atoms with Gasteiger partial charge in [0.1, 0.15) is 5.02 Å². The molecule has 116 valence electrons. The summed E-state index contributed by atoms with van der Waals surface area (Å²) < 4.78 is 0. The summed E-state index contributed by atoms with van der Waals surface area (Å²) in [7, 11) is 0. The molecule has 3 unspecified atom stereocenters. The predicted molar refractivity (Wildman–Crippen MR) is 86.9 cm³/mol. The number of anilines is 1. The number of nitrogens with zero attached hydrogens (tertiary/aromatic N) is 1. The van der Waals surface area contributed by atoms with Gasteiger partial charge in [0.05, 0.1) is 4.92 Å². The van der Waals surface area contributed by atoms with Crippen molar-refractivity contribution in [1.29, 1.82) is 0 Å². The molecule has 4 nitrogen and oxygen atoms in total. The van der Waals surface area contributed by atoms with Gasteiger partial charge in [-0.2, -0.15) is 0 Å². The molecule has 0 radical (unpaired) electrons. The topological polar surface area (TPSA) is 55.2 Å². The first kappa shape index (κ1) is 16.1. The average molecular weight is 311 g/mol. The minimum atomic E-state index is -0.453. The van der Waals surface area contributed by atoms with Gasteiger partial charge in [-0.1, -0.05) is 38.8 Å². The third-order valence-corrected chi connectivity index (χ3v) is 4.82. The molecule has 5 heteroatoms. The van der Waals surface area contributed by atoms with Gasteiger partial charge in [-0.05, 0) is 42.7 Å². The summed E-state index contributed by atoms with van der Waals surface area (Å²) in [5.41, 5.74) is 0.829. The Bertz CT molecular complexity index is 519. The second kappa shape index (κ2) is 6.65. The van der Waals surface area contributed by atoms with Gasteiger partial charge in [0.15, 0.2) is 0 Å². The van der Waals surface area contributed by atoms with E-state index in [4.69, 9.17) is 11.6 Å². The van der Waals surface area contributed by atoms with Gasteiger partial charge in [-0.3, -0.25) is 10.1 Å². The van der Waals surface area contributed by atoms with Crippen LogP contribution < -0.4 is 5.32 Å². The van der Waals surface area contributed by atoms with E-state index in [1.165, 1.54) is 18.9 Å². The maximum absolute atomic E-state index is 10.8. The molecule has 3 atom stereocenters. The highest BCUT2D eigenvalue weighted by molar-refractivity contribution is 6.32. The number of benzene rings is 1. The van der Waals surface area contributed by atoms with Crippen LogP contribution in [0.5, 0.6) is 0 Å². The molecule has 1 aromatic rings. The van der Waals surface area contributed by atoms with Crippen LogP contribution >= 0.6 is 11.6 Å². The van der Waals surface area contributed by atoms with E-state index in [0.717, 1.165) is 12.1 Å². The normalized spacial score (nSPS) is 25.9. The van der Waals surface area contributed by atoms with Gasteiger partial charge in [0.2, 0.25) is 0 Å². The summed E-state index contributed by atoms with van der Waals surface area (Å²) in [5.74, 6) is 1.98. The monoisotopic (exact) mass is 310 g/mol. The lowest BCUT2D eigenvalue weighted by Gasteiger charge is -2.38. The van der Waals surface area contributed by atoms with Crippen LogP contribution in [0.15, 0.2) is 18.2 Å². The lowest BCUT2D eigenvalue weighted by atomic mass is 9.74. The number of nitro benzene ring substituents is 1. The van der Waals surface area contributed by atoms with Crippen LogP contribution in [0.2, 0.25) is 5.02 Å². The van der Waals surface area contributed by atoms with Gasteiger partial charge in [-0.25, -0.2) is 0 Å². The zero-order valence-electron chi connectivity index (χ0n) is 12.8. The van der Waals surface area contributed by atoms with Crippen LogP contribution in [0.3, 0.4) is 0 Å². The minimum absolute atomic E-state index is 0.0420. The summed E-state index contributed by atoms with van der Waals surface area (Å²) in [5, 5.41) is 14.5. The van der Waals surface area contributed by atoms with Crippen molar-refractivity contribution in [3.05, 3.63) is 33.3 Å². The summed E-state index contributed by atoms with van der Waals surface area (Å²) >= 11 is 5.99. The average Bonchev–Trinajstić information content (AvgIpc) is 2.37. The van der Waals surface area contributed by atoms with Crippen molar-refractivity contribution in [3.8, 4) is 0 Å². The van der Waals surface area contributed by atoms with Crippen molar-refractivity contribution in [3.63, 3.8) is 0 Å². The molecule has 21 heavy (non-hydrogen) atoms. The molecule has 0 amide bonds. The lowest BCUT2D eigenvalue weighted by Crippen LogP contribution is -2.37. The van der Waals surface area contributed by atoms with Crippen LogP contribution in [0.4, 0.5) is 11.4 Å². The first-order chi connectivity index (χ1) is 9.88. The highest BCUT2D eigenvalue weighted by Crippen LogP contribution is 2.36. The summed E-state index contributed by atoms with van der Waals surface area (Å²) in [6.45, 7) is 6.81. The first-order valence-corrected chi connectivity index (χ1v) is 7.96. The smallest absolute Gasteiger partial charge is 0.288 e. The minimum Gasteiger partial charge on any atom is -0.382 e. The molecule has 0 spiro atoms. The van der Waals surface area contributed by atoms with E-state index in [9.17, 15) is 10.1 Å². The second-order valence-electron chi connectivity index (χ2n) is 6.50. The van der Waals surface area contributed by atoms with E-state index >= 15 is 0 Å². The Morgan fingerprint density at radius 3 is 2.67 bits per heavy atom. The maximum atomic E-state index is 10.8. The van der Waals surface area contributed by atoms with Crippen LogP contribution in [0.1, 0.15) is 40.0 Å². The fourth-order valence-electron chi connectivity index (χ4n) is 3.33. The molecule has 1 N–H and O–H groups in total. The highest BCUT2D eigenvalue weighted by atomic mass is 35.5. The Morgan fingerprint density at radius 2 is 2.10 bits per heavy atom. The van der Waals surface area contributed by atoms with Gasteiger partial charge < -0.3 is 5.32 Å². The highest BCUT2D eigenvalue weighted by Gasteiger charge is 2.30. The molecule has 1 saturated carbocycles. The zero-order chi connectivity index (χ0) is 15.6. The van der Waals surface area contributed by atoms with Gasteiger partial charge >= 0.3 is 0 Å². The molecular weight excluding hydrogens is 288 g/mol. The SMILES string of the molecule is CC1CCC(C(C)C)C(Nc2ccc([N+](=O)[O-])c(Cl)c2)C1. The summed E-state index contributed by atoms with van der Waals surface area (Å²) in [6.07, 6.45) is 3.65. The van der Waals surface area contributed by atoms with E-state index in [0.29, 0.717) is 23.8 Å². The Labute approximate surface area is 131 Å². The number of hydrogen-bond donors (Lipinski definition) is 1. The standard InChI is InChI=1S/C16H23ClN2O2/c1-10(2)13-6-4-11(3)8-15(13)18-12-5-7-16(19(20)21)14(17)9-12/h5,7,9-11,13,15,18H,4,6,8H2,1-3H3. The number of nitrogens with one attached hydrogen (secondary N) is 1. The van der Waals surface area contributed by atoms with Crippen LogP contribution in [0.25, 0.3) is 0 Å². The van der Waals surface area contributed by atoms with Crippen molar-refractivity contribution in [1.82, 2.24) is 0 Å². The largest absolute Gasteiger partial charge is 0.382 e. The van der Waals surface area contributed by atoms with Crippen molar-refractivity contribution in [2.45, 2.75) is 46.1 Å². The van der Waals surface area contributed by atoms with Crippen LogP contribution in [-0.4, -0.2) is 11.0 Å². The summed E-state index contributed by atoms with van der Waals surface area (Å²) in [4.78, 5) is 10.4. The van der Waals surface area contributed by atoms with Crippen LogP contribution in [0, 0.1) is 27.9 Å². The van der Waals surface area contributed by atoms with E-state index in [1.807, 2.05) is 0 Å². The quantitative estimate of drug-likeness (QED) is 0.620. The molecule has 0 aromatic heterocycles. The molecule has 2 rings (SSSR count). The molecule has 1 fully saturated rings. The molecule has 0 heterocycles. The molecule has 1 aliphatic rings. The maximum Gasteiger partial charge on any atom is 0.288 e. The Morgan fingerprint density at radius 1 is 1.38 bits per heavy atom. The van der Waals surface area contributed by atoms with E-state index < -0.39 is 4.92 Å². The van der Waals surface area contributed by atoms with Gasteiger partial charge in [0, 0.05) is 17.8 Å². The number of nitro groups is 1. The van der Waals surface area contributed by atoms with Gasteiger partial charge in [-0.15, -0.1) is 0 Å². The van der Waals surface area contributed by atoms with E-state index in [2.05, 4.69) is 26.1 Å². The Kier molecular flexibility index (Phi) is 5.09. The molecule has 0 bridgehead atoms. The molecule has 1 aromatic carbocycles. The predicted octanol–water partition coefficient (Wildman–Crippen LogP) is 5.12. The van der Waals surface area contributed by atoms with Crippen molar-refractivity contribution in [2.24, 2.45) is 17.8 Å². The Balaban J connectivity index is 2.15. The van der Waals surface area contributed by atoms with Crippen LogP contribution in [-0.2, 0) is 0 Å². The third-order valence-electron chi connectivity index (χ3n) is 4.52. The van der Waals surface area contributed by atoms with E-state index in [-0.39, 0.29) is 10.7 Å². The summed E-state index contributed by atoms with van der Waals surface area (Å²) in [6, 6.07) is 5.30. The zero-order valence-corrected chi connectivity index (χ0v) is 13.6. The third kappa shape index (κ3) is 3.88. The van der Waals surface area contributed by atoms with Crippen molar-refractivity contribution < 1.29 is 4.92 Å². The Hall–Kier alpha value is -1.29. The number of halogens is 1. The first-order valence-electron chi connectivity index (χ1n) is 7.59. The molecule has 0 aliphatic heterocycles. The fraction of sp³-hybridized carbons (Fsp3) is 0.625. The second-order valence-corrected chi connectivity index (χ2v) is 6.91. The lowest BCUT2D eigenvalue weighted by molar-refractivity contribution is -0.384.